The molecule has 0 aliphatic carbocycles. The SMILES string of the molecule is NC(=S)[C@@H]1COc2ccccc2O1. The van der Waals surface area contributed by atoms with E-state index >= 15 is 0 Å². The third-order valence-corrected chi connectivity index (χ3v) is 2.09. The van der Waals surface area contributed by atoms with Gasteiger partial charge in [-0.2, -0.15) is 0 Å². The molecule has 1 atom stereocenters. The fraction of sp³-hybridized carbons (Fsp3) is 0.222. The Morgan fingerprint density at radius 3 is 2.77 bits per heavy atom. The Morgan fingerprint density at radius 1 is 1.38 bits per heavy atom. The summed E-state index contributed by atoms with van der Waals surface area (Å²) in [4.78, 5) is 0.328. The number of nitrogens with two attached hydrogens (primary N) is 1. The molecule has 0 bridgehead atoms. The summed E-state index contributed by atoms with van der Waals surface area (Å²) < 4.78 is 10.9. The van der Waals surface area contributed by atoms with Gasteiger partial charge in [-0.05, 0) is 12.1 Å². The van der Waals surface area contributed by atoms with E-state index < -0.39 is 0 Å². The molecule has 0 saturated carbocycles. The lowest BCUT2D eigenvalue weighted by Crippen LogP contribution is -2.39. The van der Waals surface area contributed by atoms with E-state index in [2.05, 4.69) is 0 Å². The highest BCUT2D eigenvalue weighted by Crippen LogP contribution is 2.30. The molecule has 1 heterocycles. The molecule has 0 fully saturated rings. The van der Waals surface area contributed by atoms with Crippen LogP contribution in [0.15, 0.2) is 24.3 Å². The first-order valence-electron chi connectivity index (χ1n) is 3.95. The van der Waals surface area contributed by atoms with Crippen molar-refractivity contribution >= 4 is 17.2 Å². The van der Waals surface area contributed by atoms with Gasteiger partial charge in [-0.1, -0.05) is 24.4 Å². The highest BCUT2D eigenvalue weighted by atomic mass is 32.1. The molecule has 1 aromatic rings. The summed E-state index contributed by atoms with van der Waals surface area (Å²) in [6.07, 6.45) is -0.301. The van der Waals surface area contributed by atoms with E-state index in [4.69, 9.17) is 27.4 Å². The molecule has 1 aliphatic heterocycles. The van der Waals surface area contributed by atoms with Gasteiger partial charge in [0.2, 0.25) is 0 Å². The van der Waals surface area contributed by atoms with Crippen LogP contribution >= 0.6 is 12.2 Å². The van der Waals surface area contributed by atoms with Gasteiger partial charge in [-0.3, -0.25) is 0 Å². The minimum absolute atomic E-state index is 0.301. The summed E-state index contributed by atoms with van der Waals surface area (Å²) in [5.41, 5.74) is 5.45. The number of hydrogen-bond donors (Lipinski definition) is 1. The van der Waals surface area contributed by atoms with Gasteiger partial charge < -0.3 is 15.2 Å². The molecule has 0 unspecified atom stereocenters. The van der Waals surface area contributed by atoms with Gasteiger partial charge in [0.05, 0.1) is 0 Å². The molecule has 0 saturated heterocycles. The average Bonchev–Trinajstić information content (AvgIpc) is 2.17. The summed E-state index contributed by atoms with van der Waals surface area (Å²) >= 11 is 4.82. The average molecular weight is 195 g/mol. The van der Waals surface area contributed by atoms with Crippen molar-refractivity contribution in [3.05, 3.63) is 24.3 Å². The van der Waals surface area contributed by atoms with Crippen LogP contribution in [-0.4, -0.2) is 17.7 Å². The van der Waals surface area contributed by atoms with Crippen molar-refractivity contribution in [3.63, 3.8) is 0 Å². The van der Waals surface area contributed by atoms with Crippen LogP contribution < -0.4 is 15.2 Å². The number of fused-ring (bicyclic) bond motifs is 1. The van der Waals surface area contributed by atoms with Crippen LogP contribution in [0.25, 0.3) is 0 Å². The fourth-order valence-corrected chi connectivity index (χ4v) is 1.28. The highest BCUT2D eigenvalue weighted by molar-refractivity contribution is 7.80. The third-order valence-electron chi connectivity index (χ3n) is 1.83. The highest BCUT2D eigenvalue weighted by Gasteiger charge is 2.22. The van der Waals surface area contributed by atoms with Gasteiger partial charge in [0.25, 0.3) is 0 Å². The maximum absolute atomic E-state index is 5.50. The van der Waals surface area contributed by atoms with E-state index in [0.717, 1.165) is 5.75 Å². The molecule has 0 aromatic heterocycles. The van der Waals surface area contributed by atoms with Crippen LogP contribution in [0.2, 0.25) is 0 Å². The number of hydrogen-bond acceptors (Lipinski definition) is 3. The smallest absolute Gasteiger partial charge is 0.182 e. The van der Waals surface area contributed by atoms with Gasteiger partial charge in [0.15, 0.2) is 17.6 Å². The molecule has 1 aromatic carbocycles. The minimum atomic E-state index is -0.301. The molecule has 4 heteroatoms. The maximum Gasteiger partial charge on any atom is 0.182 e. The van der Waals surface area contributed by atoms with E-state index in [-0.39, 0.29) is 6.10 Å². The van der Waals surface area contributed by atoms with Crippen molar-refractivity contribution in [1.29, 1.82) is 0 Å². The lowest BCUT2D eigenvalue weighted by Gasteiger charge is -2.25. The summed E-state index contributed by atoms with van der Waals surface area (Å²) in [5.74, 6) is 1.45. The number of ether oxygens (including phenoxy) is 2. The second kappa shape index (κ2) is 3.22. The Balaban J connectivity index is 2.24. The molecular formula is C9H9NO2S. The molecule has 0 radical (unpaired) electrons. The van der Waals surface area contributed by atoms with Crippen molar-refractivity contribution in [1.82, 2.24) is 0 Å². The van der Waals surface area contributed by atoms with Crippen molar-refractivity contribution in [2.45, 2.75) is 6.10 Å². The quantitative estimate of drug-likeness (QED) is 0.682. The van der Waals surface area contributed by atoms with Gasteiger partial charge in [-0.15, -0.1) is 0 Å². The monoisotopic (exact) mass is 195 g/mol. The Labute approximate surface area is 81.4 Å². The predicted octanol–water partition coefficient (Wildman–Crippen LogP) is 1.11. The van der Waals surface area contributed by atoms with Crippen molar-refractivity contribution in [2.24, 2.45) is 5.73 Å². The fourth-order valence-electron chi connectivity index (χ4n) is 1.16. The summed E-state index contributed by atoms with van der Waals surface area (Å²) in [7, 11) is 0. The van der Waals surface area contributed by atoms with Crippen molar-refractivity contribution in [2.75, 3.05) is 6.61 Å². The Morgan fingerprint density at radius 2 is 2.08 bits per heavy atom. The van der Waals surface area contributed by atoms with Crippen LogP contribution in [-0.2, 0) is 0 Å². The molecule has 1 aliphatic rings. The zero-order valence-electron chi connectivity index (χ0n) is 6.90. The zero-order chi connectivity index (χ0) is 9.26. The topological polar surface area (TPSA) is 44.5 Å². The number of para-hydroxylation sites is 2. The number of thiocarbonyl (C=S) groups is 1. The van der Waals surface area contributed by atoms with E-state index in [1.54, 1.807) is 0 Å². The molecule has 13 heavy (non-hydrogen) atoms. The number of benzene rings is 1. The van der Waals surface area contributed by atoms with Crippen LogP contribution in [0.1, 0.15) is 0 Å². The Hall–Kier alpha value is -1.29. The summed E-state index contributed by atoms with van der Waals surface area (Å²) in [6, 6.07) is 7.46. The molecule has 2 rings (SSSR count). The minimum Gasteiger partial charge on any atom is -0.485 e. The Bertz CT molecular complexity index is 340. The van der Waals surface area contributed by atoms with Crippen molar-refractivity contribution in [3.8, 4) is 11.5 Å². The largest absolute Gasteiger partial charge is 0.485 e. The summed E-state index contributed by atoms with van der Waals surface area (Å²) in [5, 5.41) is 0. The van der Waals surface area contributed by atoms with Crippen molar-refractivity contribution < 1.29 is 9.47 Å². The molecule has 0 amide bonds. The third kappa shape index (κ3) is 1.58. The second-order valence-electron chi connectivity index (χ2n) is 2.77. The molecular weight excluding hydrogens is 186 g/mol. The molecule has 2 N–H and O–H groups in total. The lowest BCUT2D eigenvalue weighted by molar-refractivity contribution is 0.135. The zero-order valence-corrected chi connectivity index (χ0v) is 7.71. The van der Waals surface area contributed by atoms with Gasteiger partial charge in [0.1, 0.15) is 11.6 Å². The van der Waals surface area contributed by atoms with Crippen LogP contribution in [0.3, 0.4) is 0 Å². The number of rotatable bonds is 1. The normalized spacial score (nSPS) is 19.5. The first-order valence-corrected chi connectivity index (χ1v) is 4.36. The van der Waals surface area contributed by atoms with E-state index in [0.29, 0.717) is 17.3 Å². The maximum atomic E-state index is 5.50. The second-order valence-corrected chi connectivity index (χ2v) is 3.24. The van der Waals surface area contributed by atoms with Gasteiger partial charge in [0, 0.05) is 0 Å². The molecule has 3 nitrogen and oxygen atoms in total. The summed E-state index contributed by atoms with van der Waals surface area (Å²) in [6.45, 7) is 0.395. The van der Waals surface area contributed by atoms with Crippen LogP contribution in [0.5, 0.6) is 11.5 Å². The van der Waals surface area contributed by atoms with Crippen LogP contribution in [0.4, 0.5) is 0 Å². The van der Waals surface area contributed by atoms with Crippen LogP contribution in [0, 0.1) is 0 Å². The van der Waals surface area contributed by atoms with E-state index in [1.165, 1.54) is 0 Å². The van der Waals surface area contributed by atoms with Gasteiger partial charge >= 0.3 is 0 Å². The first-order chi connectivity index (χ1) is 6.27. The van der Waals surface area contributed by atoms with E-state index in [1.807, 2.05) is 24.3 Å². The Kier molecular flexibility index (Phi) is 2.06. The van der Waals surface area contributed by atoms with E-state index in [9.17, 15) is 0 Å². The first kappa shape index (κ1) is 8.31. The molecule has 68 valence electrons. The standard InChI is InChI=1S/C9H9NO2S/c10-9(13)8-5-11-6-3-1-2-4-7(6)12-8/h1-4,8H,5H2,(H2,10,13)/t8-/m0/s1. The lowest BCUT2D eigenvalue weighted by atomic mass is 10.2. The van der Waals surface area contributed by atoms with Gasteiger partial charge in [-0.25, -0.2) is 0 Å². The predicted molar refractivity (Wildman–Crippen MR) is 53.1 cm³/mol. The molecule has 0 spiro atoms.